The Morgan fingerprint density at radius 3 is 2.58 bits per heavy atom. The van der Waals surface area contributed by atoms with E-state index < -0.39 is 0 Å². The lowest BCUT2D eigenvalue weighted by molar-refractivity contribution is 0.262. The van der Waals surface area contributed by atoms with Crippen LogP contribution in [-0.4, -0.2) is 6.54 Å². The minimum atomic E-state index is -0.329. The first kappa shape index (κ1) is 14.8. The van der Waals surface area contributed by atoms with Gasteiger partial charge in [-0.3, -0.25) is 0 Å². The number of nitrogens with one attached hydrogen (secondary N) is 1. The van der Waals surface area contributed by atoms with Crippen molar-refractivity contribution in [2.75, 3.05) is 6.54 Å². The van der Waals surface area contributed by atoms with Crippen LogP contribution in [0, 0.1) is 17.7 Å². The number of hydrogen-bond donors (Lipinski definition) is 1. The molecule has 3 heteroatoms. The van der Waals surface area contributed by atoms with Gasteiger partial charge in [0.15, 0.2) is 0 Å². The second-order valence-electron chi connectivity index (χ2n) is 5.64. The third-order valence-corrected chi connectivity index (χ3v) is 4.75. The molecule has 0 radical (unpaired) electrons. The van der Waals surface area contributed by atoms with E-state index in [2.05, 4.69) is 12.2 Å². The molecule has 1 aromatic rings. The Morgan fingerprint density at radius 2 is 1.89 bits per heavy atom. The lowest BCUT2D eigenvalue weighted by Crippen LogP contribution is -2.26. The molecule has 0 aromatic heterocycles. The van der Waals surface area contributed by atoms with E-state index in [0.717, 1.165) is 23.9 Å². The largest absolute Gasteiger partial charge is 0.312 e. The highest BCUT2D eigenvalue weighted by molar-refractivity contribution is 6.31. The van der Waals surface area contributed by atoms with Crippen LogP contribution in [0.2, 0.25) is 5.02 Å². The van der Waals surface area contributed by atoms with Gasteiger partial charge >= 0.3 is 0 Å². The molecule has 0 heterocycles. The summed E-state index contributed by atoms with van der Waals surface area (Å²) < 4.78 is 13.3. The van der Waals surface area contributed by atoms with Crippen LogP contribution in [0.4, 0.5) is 4.39 Å². The fraction of sp³-hybridized carbons (Fsp3) is 0.625. The topological polar surface area (TPSA) is 12.0 Å². The van der Waals surface area contributed by atoms with Gasteiger partial charge < -0.3 is 5.32 Å². The van der Waals surface area contributed by atoms with Gasteiger partial charge in [0.25, 0.3) is 0 Å². The van der Waals surface area contributed by atoms with Gasteiger partial charge in [0.2, 0.25) is 0 Å². The molecular formula is C16H23ClFN. The van der Waals surface area contributed by atoms with Crippen LogP contribution in [0.1, 0.15) is 44.6 Å². The highest BCUT2D eigenvalue weighted by Crippen LogP contribution is 2.30. The molecule has 1 fully saturated rings. The molecule has 19 heavy (non-hydrogen) atoms. The molecule has 0 amide bonds. The molecule has 1 nitrogen and oxygen atoms in total. The molecule has 0 spiro atoms. The summed E-state index contributed by atoms with van der Waals surface area (Å²) in [6.45, 7) is 3.96. The minimum Gasteiger partial charge on any atom is -0.312 e. The zero-order chi connectivity index (χ0) is 13.7. The van der Waals surface area contributed by atoms with E-state index in [4.69, 9.17) is 11.6 Å². The minimum absolute atomic E-state index is 0.254. The van der Waals surface area contributed by atoms with Crippen molar-refractivity contribution in [3.05, 3.63) is 34.6 Å². The van der Waals surface area contributed by atoms with Gasteiger partial charge in [-0.15, -0.1) is 0 Å². The predicted octanol–water partition coefficient (Wildman–Crippen LogP) is 4.79. The van der Waals surface area contributed by atoms with Crippen molar-refractivity contribution in [3.63, 3.8) is 0 Å². The van der Waals surface area contributed by atoms with E-state index in [-0.39, 0.29) is 10.8 Å². The average Bonchev–Trinajstić information content (AvgIpc) is 2.44. The van der Waals surface area contributed by atoms with Gasteiger partial charge in [-0.05, 0) is 42.9 Å². The first-order valence-corrected chi connectivity index (χ1v) is 7.72. The van der Waals surface area contributed by atoms with Crippen molar-refractivity contribution in [1.29, 1.82) is 0 Å². The summed E-state index contributed by atoms with van der Waals surface area (Å²) in [5.74, 6) is 1.38. The van der Waals surface area contributed by atoms with Gasteiger partial charge in [-0.1, -0.05) is 49.9 Å². The van der Waals surface area contributed by atoms with Crippen LogP contribution in [0.25, 0.3) is 0 Å². The summed E-state index contributed by atoms with van der Waals surface area (Å²) in [5, 5.41) is 3.68. The molecule has 1 saturated carbocycles. The normalized spacial score (nSPS) is 23.5. The number of rotatable bonds is 5. The number of halogens is 2. The van der Waals surface area contributed by atoms with Crippen LogP contribution in [0.15, 0.2) is 18.2 Å². The van der Waals surface area contributed by atoms with Crippen LogP contribution >= 0.6 is 11.6 Å². The zero-order valence-corrected chi connectivity index (χ0v) is 12.3. The maximum absolute atomic E-state index is 13.3. The highest BCUT2D eigenvalue weighted by atomic mass is 35.5. The van der Waals surface area contributed by atoms with E-state index in [1.165, 1.54) is 38.2 Å². The standard InChI is InChI=1S/C16H23ClFN/c1-2-12-6-8-13(9-7-12)10-19-11-14-4-3-5-15(18)16(14)17/h3-5,12-13,19H,2,6-11H2,1H3. The van der Waals surface area contributed by atoms with Crippen molar-refractivity contribution in [2.45, 2.75) is 45.6 Å². The lowest BCUT2D eigenvalue weighted by Gasteiger charge is -2.28. The van der Waals surface area contributed by atoms with E-state index in [1.54, 1.807) is 6.07 Å². The fourth-order valence-corrected chi connectivity index (χ4v) is 3.13. The maximum Gasteiger partial charge on any atom is 0.142 e. The highest BCUT2D eigenvalue weighted by Gasteiger charge is 2.19. The van der Waals surface area contributed by atoms with Gasteiger partial charge in [0.1, 0.15) is 5.82 Å². The molecule has 1 N–H and O–H groups in total. The van der Waals surface area contributed by atoms with Crippen LogP contribution in [0.3, 0.4) is 0 Å². The lowest BCUT2D eigenvalue weighted by atomic mass is 9.81. The monoisotopic (exact) mass is 283 g/mol. The predicted molar refractivity (Wildman–Crippen MR) is 78.9 cm³/mol. The van der Waals surface area contributed by atoms with E-state index >= 15 is 0 Å². The Labute approximate surface area is 120 Å². The third-order valence-electron chi connectivity index (χ3n) is 4.32. The molecule has 1 aliphatic carbocycles. The zero-order valence-electron chi connectivity index (χ0n) is 11.6. The van der Waals surface area contributed by atoms with Gasteiger partial charge in [-0.25, -0.2) is 4.39 Å². The molecular weight excluding hydrogens is 261 g/mol. The summed E-state index contributed by atoms with van der Waals surface area (Å²) in [6.07, 6.45) is 6.69. The summed E-state index contributed by atoms with van der Waals surface area (Å²) in [4.78, 5) is 0. The molecule has 2 rings (SSSR count). The van der Waals surface area contributed by atoms with Gasteiger partial charge in [0.05, 0.1) is 5.02 Å². The molecule has 0 bridgehead atoms. The number of benzene rings is 1. The second kappa shape index (κ2) is 7.25. The Kier molecular flexibility index (Phi) is 5.65. The first-order valence-electron chi connectivity index (χ1n) is 7.34. The Balaban J connectivity index is 1.74. The average molecular weight is 284 g/mol. The van der Waals surface area contributed by atoms with E-state index in [1.807, 2.05) is 6.07 Å². The molecule has 0 saturated heterocycles. The SMILES string of the molecule is CCC1CCC(CNCc2cccc(F)c2Cl)CC1. The molecule has 0 atom stereocenters. The fourth-order valence-electron chi connectivity index (χ4n) is 2.94. The van der Waals surface area contributed by atoms with Crippen molar-refractivity contribution < 1.29 is 4.39 Å². The Morgan fingerprint density at radius 1 is 1.21 bits per heavy atom. The van der Waals surface area contributed by atoms with Crippen molar-refractivity contribution in [3.8, 4) is 0 Å². The summed E-state index contributed by atoms with van der Waals surface area (Å²) >= 11 is 5.94. The maximum atomic E-state index is 13.3. The molecule has 0 unspecified atom stereocenters. The van der Waals surface area contributed by atoms with Gasteiger partial charge in [-0.2, -0.15) is 0 Å². The van der Waals surface area contributed by atoms with Gasteiger partial charge in [0, 0.05) is 6.54 Å². The second-order valence-corrected chi connectivity index (χ2v) is 6.02. The smallest absolute Gasteiger partial charge is 0.142 e. The van der Waals surface area contributed by atoms with Crippen LogP contribution < -0.4 is 5.32 Å². The van der Waals surface area contributed by atoms with Crippen molar-refractivity contribution in [1.82, 2.24) is 5.32 Å². The van der Waals surface area contributed by atoms with E-state index in [9.17, 15) is 4.39 Å². The summed E-state index contributed by atoms with van der Waals surface area (Å²) in [7, 11) is 0. The summed E-state index contributed by atoms with van der Waals surface area (Å²) in [5.41, 5.74) is 0.851. The Hall–Kier alpha value is -0.600. The van der Waals surface area contributed by atoms with Crippen molar-refractivity contribution in [2.24, 2.45) is 11.8 Å². The van der Waals surface area contributed by atoms with Crippen LogP contribution in [0.5, 0.6) is 0 Å². The third kappa shape index (κ3) is 4.19. The Bertz CT molecular complexity index is 400. The first-order chi connectivity index (χ1) is 9.20. The quantitative estimate of drug-likeness (QED) is 0.820. The van der Waals surface area contributed by atoms with Crippen LogP contribution in [-0.2, 0) is 6.54 Å². The molecule has 0 aliphatic heterocycles. The molecule has 1 aliphatic rings. The number of hydrogen-bond acceptors (Lipinski definition) is 1. The summed E-state index contributed by atoms with van der Waals surface area (Å²) in [6, 6.07) is 4.99. The molecule has 106 valence electrons. The van der Waals surface area contributed by atoms with Crippen molar-refractivity contribution >= 4 is 11.6 Å². The van der Waals surface area contributed by atoms with E-state index in [0.29, 0.717) is 6.54 Å². The molecule has 1 aromatic carbocycles.